The van der Waals surface area contributed by atoms with Crippen LogP contribution in [0, 0.1) is 6.92 Å². The molecule has 1 aromatic carbocycles. The van der Waals surface area contributed by atoms with E-state index < -0.39 is 24.5 Å². The number of aliphatic hydroxyl groups is 2. The predicted molar refractivity (Wildman–Crippen MR) is 106 cm³/mol. The number of aliphatic hydroxyl groups excluding tert-OH is 2. The Labute approximate surface area is 168 Å². The van der Waals surface area contributed by atoms with Crippen molar-refractivity contribution >= 4 is 45.2 Å². The van der Waals surface area contributed by atoms with E-state index in [-0.39, 0.29) is 3.92 Å². The molecule has 0 aliphatic carbocycles. The van der Waals surface area contributed by atoms with Gasteiger partial charge in [0.15, 0.2) is 6.23 Å². The molecule has 1 aliphatic heterocycles. The molecule has 5 atom stereocenters. The van der Waals surface area contributed by atoms with E-state index in [1.165, 1.54) is 6.33 Å². The topological polar surface area (TPSA) is 80.4 Å². The Balaban J connectivity index is 1.66. The fraction of sp³-hybridized carbons (Fsp3) is 0.333. The maximum absolute atomic E-state index is 10.8. The lowest BCUT2D eigenvalue weighted by Crippen LogP contribution is -2.30. The van der Waals surface area contributed by atoms with Gasteiger partial charge in [-0.15, -0.1) is 0 Å². The number of fused-ring (bicyclic) bond motifs is 1. The third kappa shape index (κ3) is 3.01. The quantitative estimate of drug-likeness (QED) is 0.440. The zero-order chi connectivity index (χ0) is 18.4. The van der Waals surface area contributed by atoms with Crippen LogP contribution >= 0.6 is 34.2 Å². The predicted octanol–water partition coefficient (Wildman–Crippen LogP) is 3.19. The molecule has 5 unspecified atom stereocenters. The lowest BCUT2D eigenvalue weighted by molar-refractivity contribution is -0.0745. The van der Waals surface area contributed by atoms with E-state index in [9.17, 15) is 10.2 Å². The molecule has 0 radical (unpaired) electrons. The summed E-state index contributed by atoms with van der Waals surface area (Å²) in [5.74, 6) is 0. The lowest BCUT2D eigenvalue weighted by atomic mass is 10.0. The number of benzene rings is 1. The Morgan fingerprint density at radius 2 is 2.12 bits per heavy atom. The second kappa shape index (κ2) is 7.05. The van der Waals surface area contributed by atoms with E-state index in [2.05, 4.69) is 32.6 Å². The number of nitrogens with zero attached hydrogens (tertiary/aromatic N) is 3. The van der Waals surface area contributed by atoms with Gasteiger partial charge in [-0.1, -0.05) is 46.3 Å². The maximum atomic E-state index is 10.8. The van der Waals surface area contributed by atoms with Crippen molar-refractivity contribution < 1.29 is 14.9 Å². The Bertz CT molecular complexity index is 950. The van der Waals surface area contributed by atoms with Crippen molar-refractivity contribution in [2.24, 2.45) is 0 Å². The average Bonchev–Trinajstić information content (AvgIpc) is 3.18. The number of aromatic nitrogens is 3. The summed E-state index contributed by atoms with van der Waals surface area (Å²) >= 11 is 8.16. The van der Waals surface area contributed by atoms with E-state index in [0.29, 0.717) is 16.2 Å². The number of ether oxygens (including phenoxy) is 1. The average molecular weight is 486 g/mol. The van der Waals surface area contributed by atoms with Gasteiger partial charge in [0, 0.05) is 16.6 Å². The van der Waals surface area contributed by atoms with Gasteiger partial charge < -0.3 is 19.5 Å². The number of halogens is 2. The summed E-state index contributed by atoms with van der Waals surface area (Å²) in [5.41, 5.74) is 2.22. The number of rotatable bonds is 3. The number of hydrogen-bond acceptors (Lipinski definition) is 5. The fourth-order valence-electron chi connectivity index (χ4n) is 3.33. The highest BCUT2D eigenvalue weighted by molar-refractivity contribution is 14.1. The summed E-state index contributed by atoms with van der Waals surface area (Å²) in [6.45, 7) is 1.91. The second-order valence-corrected chi connectivity index (χ2v) is 8.22. The van der Waals surface area contributed by atoms with Crippen LogP contribution in [0.3, 0.4) is 0 Å². The number of aryl methyl sites for hydroxylation is 1. The zero-order valence-electron chi connectivity index (χ0n) is 13.8. The maximum Gasteiger partial charge on any atom is 0.162 e. The molecule has 3 aromatic rings. The molecule has 3 heterocycles. The summed E-state index contributed by atoms with van der Waals surface area (Å²) in [5, 5.41) is 23.0. The van der Waals surface area contributed by atoms with Crippen molar-refractivity contribution in [3.8, 4) is 0 Å². The highest BCUT2D eigenvalue weighted by Crippen LogP contribution is 2.41. The van der Waals surface area contributed by atoms with Crippen LogP contribution in [-0.4, -0.2) is 40.9 Å². The van der Waals surface area contributed by atoms with Gasteiger partial charge in [0.1, 0.15) is 30.3 Å². The third-order valence-corrected chi connectivity index (χ3v) is 6.39. The van der Waals surface area contributed by atoms with Gasteiger partial charge in [0.25, 0.3) is 0 Å². The van der Waals surface area contributed by atoms with Gasteiger partial charge in [-0.25, -0.2) is 9.97 Å². The molecular weight excluding hydrogens is 469 g/mol. The Morgan fingerprint density at radius 1 is 1.31 bits per heavy atom. The number of hydrogen-bond donors (Lipinski definition) is 2. The Morgan fingerprint density at radius 3 is 2.88 bits per heavy atom. The van der Waals surface area contributed by atoms with Crippen LogP contribution in [0.4, 0.5) is 0 Å². The van der Waals surface area contributed by atoms with Crippen LogP contribution < -0.4 is 0 Å². The van der Waals surface area contributed by atoms with Crippen molar-refractivity contribution in [2.45, 2.75) is 35.4 Å². The van der Waals surface area contributed by atoms with Gasteiger partial charge in [0.05, 0.1) is 9.62 Å². The van der Waals surface area contributed by atoms with Crippen LogP contribution in [0.15, 0.2) is 42.9 Å². The monoisotopic (exact) mass is 485 g/mol. The standard InChI is InChI=1S/C18H17ClIN3O3/c1-9-12-5-6-23(17(12)22-8-21-9)18-15(25)13(20)16(26-18)14(24)10-3-2-4-11(19)7-10/h2-8,13-16,18,24-25H,1H3. The van der Waals surface area contributed by atoms with E-state index in [1.54, 1.807) is 28.8 Å². The van der Waals surface area contributed by atoms with Crippen molar-refractivity contribution in [3.05, 3.63) is 59.1 Å². The molecule has 1 aliphatic rings. The molecule has 6 nitrogen and oxygen atoms in total. The Hall–Kier alpha value is -1.26. The van der Waals surface area contributed by atoms with Crippen molar-refractivity contribution in [1.82, 2.24) is 14.5 Å². The van der Waals surface area contributed by atoms with Gasteiger partial charge >= 0.3 is 0 Å². The molecule has 2 N–H and O–H groups in total. The van der Waals surface area contributed by atoms with Crippen LogP contribution in [0.5, 0.6) is 0 Å². The first-order valence-electron chi connectivity index (χ1n) is 8.16. The van der Waals surface area contributed by atoms with Crippen LogP contribution in [-0.2, 0) is 4.74 Å². The van der Waals surface area contributed by atoms with E-state index in [4.69, 9.17) is 16.3 Å². The SMILES string of the molecule is Cc1ncnc2c1ccn2C1OC(C(O)c2cccc(Cl)c2)C(I)C1O. The smallest absolute Gasteiger partial charge is 0.162 e. The summed E-state index contributed by atoms with van der Waals surface area (Å²) < 4.78 is 7.58. The molecular formula is C18H17ClIN3O3. The first kappa shape index (κ1) is 18.1. The molecule has 8 heteroatoms. The molecule has 1 saturated heterocycles. The van der Waals surface area contributed by atoms with Gasteiger partial charge in [-0.3, -0.25) is 0 Å². The summed E-state index contributed by atoms with van der Waals surface area (Å²) in [6.07, 6.45) is 0.429. The van der Waals surface area contributed by atoms with Gasteiger partial charge in [-0.05, 0) is 30.7 Å². The molecule has 26 heavy (non-hydrogen) atoms. The summed E-state index contributed by atoms with van der Waals surface area (Å²) in [6, 6.07) is 8.94. The molecule has 0 saturated carbocycles. The molecule has 2 aromatic heterocycles. The zero-order valence-corrected chi connectivity index (χ0v) is 16.7. The van der Waals surface area contributed by atoms with E-state index >= 15 is 0 Å². The molecule has 0 bridgehead atoms. The summed E-state index contributed by atoms with van der Waals surface area (Å²) in [7, 11) is 0. The van der Waals surface area contributed by atoms with Crippen molar-refractivity contribution in [2.75, 3.05) is 0 Å². The molecule has 0 amide bonds. The lowest BCUT2D eigenvalue weighted by Gasteiger charge is -2.21. The van der Waals surface area contributed by atoms with Gasteiger partial charge in [-0.2, -0.15) is 0 Å². The first-order chi connectivity index (χ1) is 12.5. The largest absolute Gasteiger partial charge is 0.387 e. The van der Waals surface area contributed by atoms with Crippen LogP contribution in [0.25, 0.3) is 11.0 Å². The van der Waals surface area contributed by atoms with Crippen molar-refractivity contribution in [1.29, 1.82) is 0 Å². The van der Waals surface area contributed by atoms with Crippen molar-refractivity contribution in [3.63, 3.8) is 0 Å². The molecule has 136 valence electrons. The van der Waals surface area contributed by atoms with E-state index in [1.807, 2.05) is 19.2 Å². The molecule has 4 rings (SSSR count). The highest BCUT2D eigenvalue weighted by Gasteiger charge is 2.47. The minimum absolute atomic E-state index is 0.299. The highest BCUT2D eigenvalue weighted by atomic mass is 127. The minimum Gasteiger partial charge on any atom is -0.387 e. The van der Waals surface area contributed by atoms with Crippen LogP contribution in [0.1, 0.15) is 23.6 Å². The van der Waals surface area contributed by atoms with Crippen LogP contribution in [0.2, 0.25) is 5.02 Å². The minimum atomic E-state index is -0.895. The van der Waals surface area contributed by atoms with E-state index in [0.717, 1.165) is 11.1 Å². The first-order valence-corrected chi connectivity index (χ1v) is 9.79. The summed E-state index contributed by atoms with van der Waals surface area (Å²) in [4.78, 5) is 8.51. The molecule has 0 spiro atoms. The normalized spacial score (nSPS) is 27.1. The van der Waals surface area contributed by atoms with Gasteiger partial charge in [0.2, 0.25) is 0 Å². The molecule has 1 fully saturated rings. The Kier molecular flexibility index (Phi) is 4.91. The number of alkyl halides is 1. The third-order valence-electron chi connectivity index (χ3n) is 4.71. The second-order valence-electron chi connectivity index (χ2n) is 6.35. The fourth-order valence-corrected chi connectivity index (χ4v) is 4.45.